The van der Waals surface area contributed by atoms with Gasteiger partial charge >= 0.3 is 15.2 Å². The first-order chi connectivity index (χ1) is 8.51. The van der Waals surface area contributed by atoms with Gasteiger partial charge in [0.25, 0.3) is 0 Å². The van der Waals surface area contributed by atoms with Gasteiger partial charge in [0, 0.05) is 10.7 Å². The van der Waals surface area contributed by atoms with Gasteiger partial charge in [0.1, 0.15) is 4.99 Å². The summed E-state index contributed by atoms with van der Waals surface area (Å²) < 4.78 is 22.3. The number of benzene rings is 1. The van der Waals surface area contributed by atoms with Crippen molar-refractivity contribution in [1.29, 1.82) is 0 Å². The minimum atomic E-state index is -5.10. The van der Waals surface area contributed by atoms with Gasteiger partial charge in [0.15, 0.2) is 0 Å². The molecule has 0 aliphatic carbocycles. The number of anilines is 1. The zero-order valence-electron chi connectivity index (χ0n) is 9.17. The largest absolute Gasteiger partial charge is 0.349 e. The topological polar surface area (TPSA) is 127 Å². The number of halogens is 1. The van der Waals surface area contributed by atoms with Crippen molar-refractivity contribution in [3.8, 4) is 0 Å². The Balaban J connectivity index is 3.04. The second-order valence-electron chi connectivity index (χ2n) is 3.55. The van der Waals surface area contributed by atoms with Gasteiger partial charge in [-0.2, -0.15) is 0 Å². The second-order valence-corrected chi connectivity index (χ2v) is 8.22. The fourth-order valence-electron chi connectivity index (χ4n) is 1.27. The van der Waals surface area contributed by atoms with Crippen LogP contribution in [0.4, 0.5) is 5.69 Å². The standard InChI is InChI=1S/C8H10ClNO6P2S/c9-5-2-1-3-6(4-5)10-7(19)8(17(11,12)13)18(14,15)16/h1-4,8H,(H,10,19)(H2,11,12,13)(H2,14,15,16). The Labute approximate surface area is 118 Å². The molecule has 11 heteroatoms. The summed E-state index contributed by atoms with van der Waals surface area (Å²) in [6.45, 7) is 0. The first-order valence-corrected chi connectivity index (χ1v) is 8.83. The van der Waals surface area contributed by atoms with Crippen molar-refractivity contribution in [3.63, 3.8) is 0 Å². The molecule has 19 heavy (non-hydrogen) atoms. The van der Waals surface area contributed by atoms with Gasteiger partial charge in [-0.1, -0.05) is 29.9 Å². The van der Waals surface area contributed by atoms with Crippen LogP contribution in [0.15, 0.2) is 24.3 Å². The van der Waals surface area contributed by atoms with Gasteiger partial charge in [-0.15, -0.1) is 0 Å². The van der Waals surface area contributed by atoms with Gasteiger partial charge in [-0.25, -0.2) is 0 Å². The molecule has 1 aromatic rings. The smallest absolute Gasteiger partial charge is 0.347 e. The monoisotopic (exact) mass is 345 g/mol. The van der Waals surface area contributed by atoms with E-state index in [9.17, 15) is 9.13 Å². The molecule has 0 saturated carbocycles. The number of thiocarbonyl (C=S) groups is 1. The Hall–Kier alpha value is -0.300. The molecule has 0 aliphatic rings. The van der Waals surface area contributed by atoms with E-state index >= 15 is 0 Å². The van der Waals surface area contributed by atoms with E-state index in [1.165, 1.54) is 18.2 Å². The van der Waals surface area contributed by atoms with Crippen LogP contribution in [-0.2, 0) is 9.13 Å². The first-order valence-electron chi connectivity index (χ1n) is 4.68. The van der Waals surface area contributed by atoms with Crippen molar-refractivity contribution in [1.82, 2.24) is 0 Å². The third-order valence-corrected chi connectivity index (χ3v) is 6.48. The summed E-state index contributed by atoms with van der Waals surface area (Å²) in [4.78, 5) is 35.3. The molecule has 0 bridgehead atoms. The van der Waals surface area contributed by atoms with E-state index in [1.54, 1.807) is 6.07 Å². The van der Waals surface area contributed by atoms with Crippen LogP contribution >= 0.6 is 39.0 Å². The molecule has 106 valence electrons. The summed E-state index contributed by atoms with van der Waals surface area (Å²) >= 11 is 10.4. The fraction of sp³-hybridized carbons (Fsp3) is 0.125. The third kappa shape index (κ3) is 4.95. The molecular formula is C8H10ClNO6P2S. The average molecular weight is 346 g/mol. The maximum Gasteiger partial charge on any atom is 0.347 e. The predicted molar refractivity (Wildman–Crippen MR) is 75.5 cm³/mol. The van der Waals surface area contributed by atoms with Crippen molar-refractivity contribution in [3.05, 3.63) is 29.3 Å². The highest BCUT2D eigenvalue weighted by atomic mass is 35.5. The lowest BCUT2D eigenvalue weighted by atomic mass is 10.3. The highest BCUT2D eigenvalue weighted by Crippen LogP contribution is 2.60. The molecule has 5 N–H and O–H groups in total. The molecule has 0 amide bonds. The molecule has 0 spiro atoms. The van der Waals surface area contributed by atoms with E-state index in [1.807, 2.05) is 0 Å². The van der Waals surface area contributed by atoms with Crippen LogP contribution in [0, 0.1) is 0 Å². The molecule has 0 aliphatic heterocycles. The van der Waals surface area contributed by atoms with Crippen molar-refractivity contribution in [2.75, 3.05) is 5.32 Å². The first kappa shape index (κ1) is 16.8. The minimum absolute atomic E-state index is 0.268. The SMILES string of the molecule is O=P(O)(O)C(C(=S)Nc1cccc(Cl)c1)P(=O)(O)O. The summed E-state index contributed by atoms with van der Waals surface area (Å²) in [5.74, 6) is 0. The van der Waals surface area contributed by atoms with Crippen LogP contribution in [0.1, 0.15) is 0 Å². The fourth-order valence-corrected chi connectivity index (χ4v) is 4.71. The summed E-state index contributed by atoms with van der Waals surface area (Å²) in [6, 6.07) is 5.97. The van der Waals surface area contributed by atoms with Gasteiger partial charge in [-0.3, -0.25) is 9.13 Å². The van der Waals surface area contributed by atoms with Crippen LogP contribution in [-0.4, -0.2) is 30.0 Å². The molecule has 0 heterocycles. The van der Waals surface area contributed by atoms with Gasteiger partial charge in [0.2, 0.25) is 5.40 Å². The highest BCUT2D eigenvalue weighted by molar-refractivity contribution is 7.85. The molecule has 0 aromatic heterocycles. The average Bonchev–Trinajstić information content (AvgIpc) is 2.11. The second kappa shape index (κ2) is 5.99. The zero-order chi connectivity index (χ0) is 14.8. The zero-order valence-corrected chi connectivity index (χ0v) is 12.5. The van der Waals surface area contributed by atoms with Crippen LogP contribution < -0.4 is 5.32 Å². The van der Waals surface area contributed by atoms with E-state index < -0.39 is 25.6 Å². The molecule has 0 saturated heterocycles. The van der Waals surface area contributed by atoms with E-state index in [-0.39, 0.29) is 5.69 Å². The molecule has 1 aromatic carbocycles. The minimum Gasteiger partial charge on any atom is -0.349 e. The van der Waals surface area contributed by atoms with Crippen molar-refractivity contribution >= 4 is 49.7 Å². The van der Waals surface area contributed by atoms with Crippen LogP contribution in [0.5, 0.6) is 0 Å². The van der Waals surface area contributed by atoms with Crippen molar-refractivity contribution < 1.29 is 28.7 Å². The summed E-state index contributed by atoms with van der Waals surface area (Å²) in [5.41, 5.74) is 0.268. The quantitative estimate of drug-likeness (QED) is 0.412. The summed E-state index contributed by atoms with van der Waals surface area (Å²) in [6.07, 6.45) is 0. The predicted octanol–water partition coefficient (Wildman–Crippen LogP) is 1.76. The van der Waals surface area contributed by atoms with Crippen LogP contribution in [0.25, 0.3) is 0 Å². The lowest BCUT2D eigenvalue weighted by molar-refractivity contribution is 0.350. The normalized spacial score (nSPS) is 12.5. The van der Waals surface area contributed by atoms with E-state index in [0.29, 0.717) is 5.02 Å². The van der Waals surface area contributed by atoms with Gasteiger partial charge in [0.05, 0.1) is 0 Å². The van der Waals surface area contributed by atoms with E-state index in [2.05, 4.69) is 17.5 Å². The molecular weight excluding hydrogens is 336 g/mol. The van der Waals surface area contributed by atoms with Crippen molar-refractivity contribution in [2.45, 2.75) is 5.40 Å². The van der Waals surface area contributed by atoms with Gasteiger partial charge < -0.3 is 24.9 Å². The highest BCUT2D eigenvalue weighted by Gasteiger charge is 2.46. The lowest BCUT2D eigenvalue weighted by Crippen LogP contribution is -2.26. The Bertz CT molecular complexity index is 562. The van der Waals surface area contributed by atoms with Gasteiger partial charge in [-0.05, 0) is 18.2 Å². The number of nitrogens with one attached hydrogen (secondary N) is 1. The number of hydrogen-bond acceptors (Lipinski definition) is 3. The lowest BCUT2D eigenvalue weighted by Gasteiger charge is -2.21. The molecule has 0 fully saturated rings. The summed E-state index contributed by atoms with van der Waals surface area (Å²) in [5, 5.41) is 0.308. The molecule has 7 nitrogen and oxygen atoms in total. The molecule has 0 radical (unpaired) electrons. The molecule has 1 rings (SSSR count). The molecule has 0 atom stereocenters. The molecule has 0 unspecified atom stereocenters. The summed E-state index contributed by atoms with van der Waals surface area (Å²) in [7, 11) is -10.2. The maximum absolute atomic E-state index is 11.1. The van der Waals surface area contributed by atoms with Crippen LogP contribution in [0.2, 0.25) is 5.02 Å². The van der Waals surface area contributed by atoms with E-state index in [0.717, 1.165) is 0 Å². The number of rotatable bonds is 4. The Morgan fingerprint density at radius 2 is 1.74 bits per heavy atom. The Morgan fingerprint density at radius 1 is 1.21 bits per heavy atom. The Kier molecular flexibility index (Phi) is 5.28. The van der Waals surface area contributed by atoms with Crippen LogP contribution in [0.3, 0.4) is 0 Å². The maximum atomic E-state index is 11.1. The Morgan fingerprint density at radius 3 is 2.16 bits per heavy atom. The third-order valence-electron chi connectivity index (χ3n) is 1.96. The van der Waals surface area contributed by atoms with E-state index in [4.69, 9.17) is 31.2 Å². The number of hydrogen-bond donors (Lipinski definition) is 5. The van der Waals surface area contributed by atoms with Crippen molar-refractivity contribution in [2.24, 2.45) is 0 Å².